The van der Waals surface area contributed by atoms with Crippen molar-refractivity contribution >= 4 is 29.1 Å². The molecule has 3 aromatic rings. The normalized spacial score (nSPS) is 12.1. The van der Waals surface area contributed by atoms with Crippen LogP contribution in [0.25, 0.3) is 11.5 Å². The molecule has 0 saturated heterocycles. The number of rotatable bonds is 5. The molecule has 0 aliphatic rings. The van der Waals surface area contributed by atoms with Crippen molar-refractivity contribution in [3.05, 3.63) is 64.7 Å². The van der Waals surface area contributed by atoms with E-state index < -0.39 is 0 Å². The Morgan fingerprint density at radius 3 is 2.42 bits per heavy atom. The molecule has 0 radical (unpaired) electrons. The number of thioether (sulfide) groups is 1. The second-order valence-electron chi connectivity index (χ2n) is 5.37. The molecule has 0 saturated carbocycles. The Labute approximate surface area is 149 Å². The van der Waals surface area contributed by atoms with Crippen molar-refractivity contribution in [3.8, 4) is 11.5 Å². The highest BCUT2D eigenvalue weighted by Gasteiger charge is 2.20. The second-order valence-corrected chi connectivity index (χ2v) is 7.10. The van der Waals surface area contributed by atoms with Gasteiger partial charge in [0.15, 0.2) is 5.78 Å². The van der Waals surface area contributed by atoms with Gasteiger partial charge in [-0.2, -0.15) is 0 Å². The average molecular weight is 359 g/mol. The van der Waals surface area contributed by atoms with Crippen LogP contribution < -0.4 is 0 Å². The lowest BCUT2D eigenvalue weighted by Gasteiger charge is -2.07. The van der Waals surface area contributed by atoms with Crippen LogP contribution in [0.4, 0.5) is 0 Å². The maximum Gasteiger partial charge on any atom is 0.277 e. The summed E-state index contributed by atoms with van der Waals surface area (Å²) in [6, 6.07) is 14.7. The molecule has 0 unspecified atom stereocenters. The molecule has 0 amide bonds. The summed E-state index contributed by atoms with van der Waals surface area (Å²) in [6.45, 7) is 3.83. The van der Waals surface area contributed by atoms with Gasteiger partial charge in [-0.1, -0.05) is 41.1 Å². The third kappa shape index (κ3) is 3.86. The lowest BCUT2D eigenvalue weighted by Crippen LogP contribution is -2.13. The average Bonchev–Trinajstić information content (AvgIpc) is 3.04. The summed E-state index contributed by atoms with van der Waals surface area (Å²) in [5.41, 5.74) is 2.63. The molecule has 1 atom stereocenters. The fourth-order valence-electron chi connectivity index (χ4n) is 2.12. The van der Waals surface area contributed by atoms with Gasteiger partial charge in [-0.05, 0) is 50.2 Å². The van der Waals surface area contributed by atoms with Crippen molar-refractivity contribution in [2.24, 2.45) is 0 Å². The first-order valence-corrected chi connectivity index (χ1v) is 8.65. The molecule has 24 heavy (non-hydrogen) atoms. The van der Waals surface area contributed by atoms with Crippen LogP contribution in [0.3, 0.4) is 0 Å². The lowest BCUT2D eigenvalue weighted by molar-refractivity contribution is 0.0993. The van der Waals surface area contributed by atoms with E-state index in [0.717, 1.165) is 11.1 Å². The molecule has 1 aromatic heterocycles. The number of ketones is 1. The Morgan fingerprint density at radius 1 is 1.08 bits per heavy atom. The Hall–Kier alpha value is -2.11. The number of hydrogen-bond acceptors (Lipinski definition) is 5. The number of halogens is 1. The van der Waals surface area contributed by atoms with E-state index in [1.807, 2.05) is 38.1 Å². The molecule has 0 fully saturated rings. The van der Waals surface area contributed by atoms with E-state index in [-0.39, 0.29) is 11.0 Å². The highest BCUT2D eigenvalue weighted by molar-refractivity contribution is 8.00. The summed E-state index contributed by atoms with van der Waals surface area (Å²) in [6.07, 6.45) is 0. The van der Waals surface area contributed by atoms with E-state index in [1.165, 1.54) is 11.8 Å². The monoisotopic (exact) mass is 358 g/mol. The van der Waals surface area contributed by atoms with E-state index in [2.05, 4.69) is 10.2 Å². The predicted molar refractivity (Wildman–Crippen MR) is 95.6 cm³/mol. The third-order valence-electron chi connectivity index (χ3n) is 3.48. The van der Waals surface area contributed by atoms with Crippen LogP contribution in [-0.2, 0) is 0 Å². The largest absolute Gasteiger partial charge is 0.411 e. The number of Topliss-reactive ketones (excluding diaryl/α,β-unsaturated/α-hetero) is 1. The first-order chi connectivity index (χ1) is 11.5. The number of aryl methyl sites for hydroxylation is 1. The zero-order valence-corrected chi connectivity index (χ0v) is 14.8. The van der Waals surface area contributed by atoms with Gasteiger partial charge >= 0.3 is 0 Å². The minimum atomic E-state index is -0.336. The molecule has 4 nitrogen and oxygen atoms in total. The maximum atomic E-state index is 12.4. The molecule has 0 N–H and O–H groups in total. The van der Waals surface area contributed by atoms with Gasteiger partial charge < -0.3 is 4.42 Å². The van der Waals surface area contributed by atoms with E-state index in [1.54, 1.807) is 24.3 Å². The molecule has 6 heteroatoms. The summed E-state index contributed by atoms with van der Waals surface area (Å²) in [4.78, 5) is 12.4. The van der Waals surface area contributed by atoms with Crippen molar-refractivity contribution in [2.45, 2.75) is 24.3 Å². The van der Waals surface area contributed by atoms with Gasteiger partial charge in [0.1, 0.15) is 0 Å². The Bertz CT molecular complexity index is 844. The SMILES string of the molecule is Cc1ccc(-c2nnc(S[C@@H](C)C(=O)c3ccc(Cl)cc3)o2)cc1. The molecule has 0 aliphatic carbocycles. The maximum absolute atomic E-state index is 12.4. The summed E-state index contributed by atoms with van der Waals surface area (Å²) in [5.74, 6) is 0.440. The Balaban J connectivity index is 1.70. The summed E-state index contributed by atoms with van der Waals surface area (Å²) in [5, 5.41) is 8.71. The molecule has 1 heterocycles. The smallest absolute Gasteiger partial charge is 0.277 e. The van der Waals surface area contributed by atoms with Crippen molar-refractivity contribution in [1.82, 2.24) is 10.2 Å². The summed E-state index contributed by atoms with van der Waals surface area (Å²) in [7, 11) is 0. The van der Waals surface area contributed by atoms with E-state index in [4.69, 9.17) is 16.0 Å². The second kappa shape index (κ2) is 7.20. The number of carbonyl (C=O) groups excluding carboxylic acids is 1. The van der Waals surface area contributed by atoms with Crippen LogP contribution in [0.5, 0.6) is 0 Å². The summed E-state index contributed by atoms with van der Waals surface area (Å²) < 4.78 is 5.65. The number of aromatic nitrogens is 2. The third-order valence-corrected chi connectivity index (χ3v) is 4.67. The fourth-order valence-corrected chi connectivity index (χ4v) is 3.01. The topological polar surface area (TPSA) is 56.0 Å². The van der Waals surface area contributed by atoms with Crippen LogP contribution in [0, 0.1) is 6.92 Å². The molecule has 2 aromatic carbocycles. The molecule has 0 spiro atoms. The minimum Gasteiger partial charge on any atom is -0.411 e. The van der Waals surface area contributed by atoms with E-state index >= 15 is 0 Å². The van der Waals surface area contributed by atoms with Crippen molar-refractivity contribution < 1.29 is 9.21 Å². The standard InChI is InChI=1S/C18H15ClN2O2S/c1-11-3-5-14(6-4-11)17-20-21-18(23-17)24-12(2)16(22)13-7-9-15(19)10-8-13/h3-10,12H,1-2H3/t12-/m0/s1. The molecule has 3 rings (SSSR count). The van der Waals surface area contributed by atoms with Crippen molar-refractivity contribution in [3.63, 3.8) is 0 Å². The Morgan fingerprint density at radius 2 is 1.75 bits per heavy atom. The van der Waals surface area contributed by atoms with Gasteiger partial charge in [0, 0.05) is 16.1 Å². The number of benzene rings is 2. The zero-order chi connectivity index (χ0) is 17.1. The number of nitrogens with zero attached hydrogens (tertiary/aromatic N) is 2. The quantitative estimate of drug-likeness (QED) is 0.471. The van der Waals surface area contributed by atoms with Gasteiger partial charge in [0.25, 0.3) is 5.22 Å². The Kier molecular flexibility index (Phi) is 5.02. The molecule has 0 bridgehead atoms. The first kappa shape index (κ1) is 16.7. The molecule has 0 aliphatic heterocycles. The van der Waals surface area contributed by atoms with E-state index in [0.29, 0.717) is 21.7 Å². The van der Waals surface area contributed by atoms with Gasteiger partial charge in [0.05, 0.1) is 5.25 Å². The highest BCUT2D eigenvalue weighted by Crippen LogP contribution is 2.28. The number of hydrogen-bond donors (Lipinski definition) is 0. The van der Waals surface area contributed by atoms with Gasteiger partial charge in [0.2, 0.25) is 5.89 Å². The van der Waals surface area contributed by atoms with Crippen molar-refractivity contribution in [2.75, 3.05) is 0 Å². The predicted octanol–water partition coefficient (Wildman–Crippen LogP) is 5.06. The molecular formula is C18H15ClN2O2S. The zero-order valence-electron chi connectivity index (χ0n) is 13.2. The van der Waals surface area contributed by atoms with Crippen LogP contribution >= 0.6 is 23.4 Å². The van der Waals surface area contributed by atoms with Crippen molar-refractivity contribution in [1.29, 1.82) is 0 Å². The van der Waals surface area contributed by atoms with Crippen LogP contribution in [-0.4, -0.2) is 21.2 Å². The van der Waals surface area contributed by atoms with Crippen LogP contribution in [0.2, 0.25) is 5.02 Å². The van der Waals surface area contributed by atoms with Gasteiger partial charge in [-0.25, -0.2) is 0 Å². The minimum absolute atomic E-state index is 0.00764. The van der Waals surface area contributed by atoms with Gasteiger partial charge in [-0.15, -0.1) is 10.2 Å². The molecular weight excluding hydrogens is 344 g/mol. The number of carbonyl (C=O) groups is 1. The lowest BCUT2D eigenvalue weighted by atomic mass is 10.1. The van der Waals surface area contributed by atoms with Gasteiger partial charge in [-0.3, -0.25) is 4.79 Å². The molecule has 122 valence electrons. The van der Waals surface area contributed by atoms with E-state index in [9.17, 15) is 4.79 Å². The van der Waals surface area contributed by atoms with Crippen LogP contribution in [0.15, 0.2) is 58.2 Å². The van der Waals surface area contributed by atoms with Crippen LogP contribution in [0.1, 0.15) is 22.8 Å². The highest BCUT2D eigenvalue weighted by atomic mass is 35.5. The fraction of sp³-hybridized carbons (Fsp3) is 0.167. The first-order valence-electron chi connectivity index (χ1n) is 7.40. The summed E-state index contributed by atoms with van der Waals surface area (Å²) >= 11 is 7.09.